The Morgan fingerprint density at radius 2 is 1.84 bits per heavy atom. The number of halogens is 2. The van der Waals surface area contributed by atoms with Crippen molar-refractivity contribution < 1.29 is 4.79 Å². The molecule has 2 heterocycles. The van der Waals surface area contributed by atoms with Gasteiger partial charge in [0.15, 0.2) is 5.16 Å². The highest BCUT2D eigenvalue weighted by atomic mass is 35.5. The molecule has 1 N–H and O–H groups in total. The van der Waals surface area contributed by atoms with Crippen LogP contribution in [-0.2, 0) is 11.3 Å². The maximum Gasteiger partial charge on any atom is 0.262 e. The van der Waals surface area contributed by atoms with Gasteiger partial charge < -0.3 is 10.2 Å². The zero-order valence-electron chi connectivity index (χ0n) is 17.0. The lowest BCUT2D eigenvalue weighted by atomic mass is 10.1. The minimum Gasteiger partial charge on any atom is -0.339 e. The van der Waals surface area contributed by atoms with Gasteiger partial charge in [0.25, 0.3) is 5.56 Å². The molecule has 1 aromatic heterocycles. The molecule has 1 fully saturated rings. The molecule has 2 aromatic carbocycles. The number of thioether (sulfide) groups is 1. The molecule has 1 aliphatic heterocycles. The third-order valence-electron chi connectivity index (χ3n) is 5.26. The first-order valence-corrected chi connectivity index (χ1v) is 11.7. The molecule has 3 aromatic rings. The molecule has 6 nitrogen and oxygen atoms in total. The van der Waals surface area contributed by atoms with E-state index < -0.39 is 5.25 Å². The summed E-state index contributed by atoms with van der Waals surface area (Å²) in [7, 11) is 0. The second-order valence-electron chi connectivity index (χ2n) is 7.21. The summed E-state index contributed by atoms with van der Waals surface area (Å²) in [5.41, 5.74) is 1.14. The number of nitrogens with zero attached hydrogens (tertiary/aromatic N) is 3. The van der Waals surface area contributed by atoms with Gasteiger partial charge in [0.2, 0.25) is 5.91 Å². The number of rotatable bonds is 5. The van der Waals surface area contributed by atoms with Crippen LogP contribution in [0.25, 0.3) is 10.9 Å². The van der Waals surface area contributed by atoms with Crippen LogP contribution in [0.1, 0.15) is 17.7 Å². The van der Waals surface area contributed by atoms with Gasteiger partial charge in [-0.2, -0.15) is 0 Å². The van der Waals surface area contributed by atoms with Gasteiger partial charge in [-0.3, -0.25) is 14.2 Å². The van der Waals surface area contributed by atoms with E-state index in [1.54, 1.807) is 16.7 Å². The summed E-state index contributed by atoms with van der Waals surface area (Å²) >= 11 is 13.6. The highest BCUT2D eigenvalue weighted by Crippen LogP contribution is 2.36. The Labute approximate surface area is 194 Å². The van der Waals surface area contributed by atoms with Crippen LogP contribution < -0.4 is 10.9 Å². The molecule has 31 heavy (non-hydrogen) atoms. The summed E-state index contributed by atoms with van der Waals surface area (Å²) in [6, 6.07) is 12.8. The monoisotopic (exact) mass is 476 g/mol. The number of hydrogen-bond donors (Lipinski definition) is 1. The summed E-state index contributed by atoms with van der Waals surface area (Å²) < 4.78 is 1.58. The van der Waals surface area contributed by atoms with Gasteiger partial charge in [0, 0.05) is 32.7 Å². The predicted molar refractivity (Wildman–Crippen MR) is 126 cm³/mol. The number of benzene rings is 2. The van der Waals surface area contributed by atoms with E-state index in [1.807, 2.05) is 42.2 Å². The van der Waals surface area contributed by atoms with E-state index in [0.29, 0.717) is 45.7 Å². The molecular weight excluding hydrogens is 455 g/mol. The Morgan fingerprint density at radius 1 is 1.16 bits per heavy atom. The van der Waals surface area contributed by atoms with Gasteiger partial charge in [0.05, 0.1) is 20.9 Å². The molecule has 1 amide bonds. The smallest absolute Gasteiger partial charge is 0.262 e. The lowest BCUT2D eigenvalue weighted by Crippen LogP contribution is -2.47. The van der Waals surface area contributed by atoms with Crippen molar-refractivity contribution in [2.75, 3.05) is 26.2 Å². The van der Waals surface area contributed by atoms with Gasteiger partial charge >= 0.3 is 0 Å². The van der Waals surface area contributed by atoms with Gasteiger partial charge in [-0.1, -0.05) is 65.3 Å². The van der Waals surface area contributed by atoms with Crippen LogP contribution in [-0.4, -0.2) is 46.5 Å². The van der Waals surface area contributed by atoms with Crippen LogP contribution in [0.2, 0.25) is 10.0 Å². The molecule has 1 saturated heterocycles. The summed E-state index contributed by atoms with van der Waals surface area (Å²) in [6.45, 7) is 5.15. The van der Waals surface area contributed by atoms with Crippen LogP contribution in [0.4, 0.5) is 0 Å². The van der Waals surface area contributed by atoms with Crippen molar-refractivity contribution in [3.63, 3.8) is 0 Å². The number of nitrogens with one attached hydrogen (secondary N) is 1. The maximum absolute atomic E-state index is 13.5. The lowest BCUT2D eigenvalue weighted by molar-refractivity contribution is -0.131. The summed E-state index contributed by atoms with van der Waals surface area (Å²) in [5, 5.41) is 4.30. The van der Waals surface area contributed by atoms with Crippen LogP contribution in [0.15, 0.2) is 52.4 Å². The topological polar surface area (TPSA) is 67.2 Å². The Kier molecular flexibility index (Phi) is 6.86. The normalized spacial score (nSPS) is 15.3. The number of carbonyl (C=O) groups is 1. The average Bonchev–Trinajstić information content (AvgIpc) is 2.80. The number of carbonyl (C=O) groups excluding carboxylic acids is 1. The summed E-state index contributed by atoms with van der Waals surface area (Å²) in [6.07, 6.45) is 0. The Balaban J connectivity index is 1.79. The van der Waals surface area contributed by atoms with Crippen molar-refractivity contribution in [3.8, 4) is 0 Å². The molecule has 1 atom stereocenters. The second-order valence-corrected chi connectivity index (χ2v) is 9.10. The SMILES string of the molecule is CCn1c(SC(C(=O)N2CCNCC2)c2ccccc2)nc2cc(Cl)c(Cl)cc2c1=O. The minimum absolute atomic E-state index is 0.0174. The first-order valence-electron chi connectivity index (χ1n) is 10.1. The average molecular weight is 477 g/mol. The zero-order valence-corrected chi connectivity index (χ0v) is 19.3. The van der Waals surface area contributed by atoms with Crippen molar-refractivity contribution in [3.05, 3.63) is 68.4 Å². The molecule has 162 valence electrons. The fourth-order valence-corrected chi connectivity index (χ4v) is 5.18. The Hall–Kier alpha value is -2.06. The van der Waals surface area contributed by atoms with Gasteiger partial charge in [0.1, 0.15) is 5.25 Å². The quantitative estimate of drug-likeness (QED) is 0.445. The Bertz CT molecular complexity index is 1160. The van der Waals surface area contributed by atoms with E-state index >= 15 is 0 Å². The van der Waals surface area contributed by atoms with Crippen LogP contribution >= 0.6 is 35.0 Å². The summed E-state index contributed by atoms with van der Waals surface area (Å²) in [4.78, 5) is 33.2. The van der Waals surface area contributed by atoms with E-state index in [1.165, 1.54) is 11.8 Å². The van der Waals surface area contributed by atoms with Crippen molar-refractivity contribution in [1.82, 2.24) is 19.8 Å². The lowest BCUT2D eigenvalue weighted by Gasteiger charge is -2.31. The number of fused-ring (bicyclic) bond motifs is 1. The third-order valence-corrected chi connectivity index (χ3v) is 7.21. The van der Waals surface area contributed by atoms with Crippen molar-refractivity contribution in [2.24, 2.45) is 0 Å². The standard InChI is InChI=1S/C22H22Cl2N4O2S/c1-2-28-20(29)15-12-16(23)17(24)13-18(15)26-22(28)31-19(14-6-4-3-5-7-14)21(30)27-10-8-25-9-11-27/h3-7,12-13,19,25H,2,8-11H2,1H3. The number of aromatic nitrogens is 2. The minimum atomic E-state index is -0.510. The highest BCUT2D eigenvalue weighted by Gasteiger charge is 2.29. The van der Waals surface area contributed by atoms with Crippen LogP contribution in [0.3, 0.4) is 0 Å². The first-order chi connectivity index (χ1) is 15.0. The fraction of sp³-hybridized carbons (Fsp3) is 0.318. The molecule has 1 aliphatic rings. The second kappa shape index (κ2) is 9.61. The molecular formula is C22H22Cl2N4O2S. The molecule has 0 radical (unpaired) electrons. The molecule has 0 saturated carbocycles. The number of amides is 1. The molecule has 0 aliphatic carbocycles. The number of piperazine rings is 1. The van der Waals surface area contributed by atoms with E-state index in [4.69, 9.17) is 28.2 Å². The maximum atomic E-state index is 13.5. The van der Waals surface area contributed by atoms with Gasteiger partial charge in [-0.05, 0) is 24.6 Å². The number of hydrogen-bond acceptors (Lipinski definition) is 5. The van der Waals surface area contributed by atoms with Crippen LogP contribution in [0, 0.1) is 0 Å². The van der Waals surface area contributed by atoms with Crippen molar-refractivity contribution in [1.29, 1.82) is 0 Å². The molecule has 4 rings (SSSR count). The van der Waals surface area contributed by atoms with Crippen LogP contribution in [0.5, 0.6) is 0 Å². The molecule has 0 spiro atoms. The zero-order chi connectivity index (χ0) is 22.0. The fourth-order valence-electron chi connectivity index (χ4n) is 3.61. The van der Waals surface area contributed by atoms with Crippen molar-refractivity contribution in [2.45, 2.75) is 23.9 Å². The predicted octanol–water partition coefficient (Wildman–Crippen LogP) is 3.99. The van der Waals surface area contributed by atoms with E-state index in [9.17, 15) is 9.59 Å². The van der Waals surface area contributed by atoms with E-state index in [2.05, 4.69) is 5.32 Å². The first kappa shape index (κ1) is 22.1. The summed E-state index contributed by atoms with van der Waals surface area (Å²) in [5.74, 6) is 0.0174. The van der Waals surface area contributed by atoms with E-state index in [0.717, 1.165) is 18.7 Å². The highest BCUT2D eigenvalue weighted by molar-refractivity contribution is 8.00. The third kappa shape index (κ3) is 4.60. The van der Waals surface area contributed by atoms with Crippen molar-refractivity contribution >= 4 is 51.8 Å². The van der Waals surface area contributed by atoms with E-state index in [-0.39, 0.29) is 11.5 Å². The Morgan fingerprint density at radius 3 is 2.52 bits per heavy atom. The molecule has 1 unspecified atom stereocenters. The molecule has 0 bridgehead atoms. The molecule has 9 heteroatoms. The largest absolute Gasteiger partial charge is 0.339 e. The van der Waals surface area contributed by atoms with Gasteiger partial charge in [-0.15, -0.1) is 0 Å². The van der Waals surface area contributed by atoms with Gasteiger partial charge in [-0.25, -0.2) is 4.98 Å².